The van der Waals surface area contributed by atoms with Gasteiger partial charge in [-0.25, -0.2) is 0 Å². The number of nitro benzene ring substituents is 1. The van der Waals surface area contributed by atoms with Gasteiger partial charge in [-0.05, 0) is 35.9 Å². The van der Waals surface area contributed by atoms with Crippen LogP contribution in [0.1, 0.15) is 5.56 Å². The van der Waals surface area contributed by atoms with Crippen molar-refractivity contribution in [1.82, 2.24) is 0 Å². The van der Waals surface area contributed by atoms with Gasteiger partial charge in [-0.15, -0.1) is 0 Å². The molecule has 0 bridgehead atoms. The number of hydrogen-bond acceptors (Lipinski definition) is 3. The quantitative estimate of drug-likeness (QED) is 0.456. The molecule has 2 aromatic carbocycles. The molecular weight excluding hydrogens is 363 g/mol. The van der Waals surface area contributed by atoms with Crippen molar-refractivity contribution in [3.05, 3.63) is 73.2 Å². The van der Waals surface area contributed by atoms with Crippen LogP contribution in [0.5, 0.6) is 0 Å². The molecule has 0 unspecified atom stereocenters. The van der Waals surface area contributed by atoms with E-state index in [1.807, 2.05) is 0 Å². The van der Waals surface area contributed by atoms with Crippen LogP contribution in [0, 0.1) is 10.1 Å². The van der Waals surface area contributed by atoms with Crippen molar-refractivity contribution in [2.45, 2.75) is 0 Å². The molecular formula is C15H9Cl3N2O3. The fourth-order valence-corrected chi connectivity index (χ4v) is 2.19. The number of halogens is 3. The van der Waals surface area contributed by atoms with Crippen molar-refractivity contribution in [2.24, 2.45) is 0 Å². The molecule has 0 saturated heterocycles. The second-order valence-corrected chi connectivity index (χ2v) is 5.64. The van der Waals surface area contributed by atoms with E-state index in [0.717, 1.165) is 0 Å². The van der Waals surface area contributed by atoms with Crippen LogP contribution < -0.4 is 5.32 Å². The van der Waals surface area contributed by atoms with Crippen LogP contribution in [0.15, 0.2) is 42.5 Å². The highest BCUT2D eigenvalue weighted by molar-refractivity contribution is 6.42. The first kappa shape index (κ1) is 17.3. The van der Waals surface area contributed by atoms with Crippen molar-refractivity contribution < 1.29 is 9.72 Å². The van der Waals surface area contributed by atoms with Gasteiger partial charge < -0.3 is 5.32 Å². The molecule has 118 valence electrons. The van der Waals surface area contributed by atoms with Crippen molar-refractivity contribution in [1.29, 1.82) is 0 Å². The minimum absolute atomic E-state index is 0.0346. The number of nitrogens with zero attached hydrogens (tertiary/aromatic N) is 1. The van der Waals surface area contributed by atoms with E-state index in [0.29, 0.717) is 21.3 Å². The molecule has 0 saturated carbocycles. The number of nitrogens with one attached hydrogen (secondary N) is 1. The molecule has 0 aromatic heterocycles. The Hall–Kier alpha value is -2.08. The summed E-state index contributed by atoms with van der Waals surface area (Å²) >= 11 is 17.4. The van der Waals surface area contributed by atoms with Crippen LogP contribution in [0.3, 0.4) is 0 Å². The minimum Gasteiger partial charge on any atom is -0.322 e. The third-order valence-electron chi connectivity index (χ3n) is 2.78. The fraction of sp³-hybridized carbons (Fsp3) is 0. The van der Waals surface area contributed by atoms with Gasteiger partial charge >= 0.3 is 0 Å². The zero-order chi connectivity index (χ0) is 17.0. The molecule has 0 heterocycles. The van der Waals surface area contributed by atoms with Crippen LogP contribution >= 0.6 is 34.8 Å². The van der Waals surface area contributed by atoms with E-state index < -0.39 is 10.8 Å². The topological polar surface area (TPSA) is 72.2 Å². The lowest BCUT2D eigenvalue weighted by atomic mass is 10.2. The van der Waals surface area contributed by atoms with E-state index in [4.69, 9.17) is 34.8 Å². The maximum absolute atomic E-state index is 11.8. The number of benzene rings is 2. The molecule has 0 aliphatic rings. The van der Waals surface area contributed by atoms with Crippen LogP contribution in [0.2, 0.25) is 15.1 Å². The fourth-order valence-electron chi connectivity index (χ4n) is 1.70. The normalized spacial score (nSPS) is 10.7. The van der Waals surface area contributed by atoms with Gasteiger partial charge in [0.25, 0.3) is 5.69 Å². The van der Waals surface area contributed by atoms with Gasteiger partial charge in [0.2, 0.25) is 5.91 Å². The number of hydrogen-bond donors (Lipinski definition) is 1. The molecule has 1 N–H and O–H groups in total. The lowest BCUT2D eigenvalue weighted by molar-refractivity contribution is -0.384. The molecule has 2 rings (SSSR count). The van der Waals surface area contributed by atoms with Gasteiger partial charge in [0.1, 0.15) is 5.02 Å². The van der Waals surface area contributed by atoms with Crippen molar-refractivity contribution in [2.75, 3.05) is 5.32 Å². The number of rotatable bonds is 4. The van der Waals surface area contributed by atoms with E-state index in [9.17, 15) is 14.9 Å². The van der Waals surface area contributed by atoms with E-state index in [2.05, 4.69) is 5.32 Å². The lowest BCUT2D eigenvalue weighted by Crippen LogP contribution is -2.07. The van der Waals surface area contributed by atoms with E-state index in [-0.39, 0.29) is 10.7 Å². The predicted octanol–water partition coefficient (Wildman–Crippen LogP) is 5.21. The lowest BCUT2D eigenvalue weighted by Gasteiger charge is -2.03. The van der Waals surface area contributed by atoms with Crippen LogP contribution in [0.25, 0.3) is 6.08 Å². The predicted molar refractivity (Wildman–Crippen MR) is 92.2 cm³/mol. The van der Waals surface area contributed by atoms with Crippen molar-refractivity contribution >= 4 is 58.2 Å². The Labute approximate surface area is 146 Å². The first-order chi connectivity index (χ1) is 10.9. The Bertz CT molecular complexity index is 807. The minimum atomic E-state index is -0.588. The second-order valence-electron chi connectivity index (χ2n) is 4.42. The van der Waals surface area contributed by atoms with Crippen molar-refractivity contribution in [3.8, 4) is 0 Å². The Kier molecular flexibility index (Phi) is 5.60. The number of amides is 1. The number of anilines is 1. The SMILES string of the molecule is O=C(/C=C/c1ccc(Cl)c([N+](=O)[O-])c1)Nc1ccc(Cl)c(Cl)c1. The van der Waals surface area contributed by atoms with Crippen LogP contribution in [-0.4, -0.2) is 10.8 Å². The largest absolute Gasteiger partial charge is 0.322 e. The Balaban J connectivity index is 2.10. The zero-order valence-electron chi connectivity index (χ0n) is 11.4. The van der Waals surface area contributed by atoms with Gasteiger partial charge in [-0.2, -0.15) is 0 Å². The summed E-state index contributed by atoms with van der Waals surface area (Å²) in [6, 6.07) is 8.93. The molecule has 1 amide bonds. The summed E-state index contributed by atoms with van der Waals surface area (Å²) < 4.78 is 0. The highest BCUT2D eigenvalue weighted by atomic mass is 35.5. The Morgan fingerprint density at radius 2 is 1.74 bits per heavy atom. The highest BCUT2D eigenvalue weighted by Gasteiger charge is 2.11. The van der Waals surface area contributed by atoms with Crippen LogP contribution in [0.4, 0.5) is 11.4 Å². The maximum Gasteiger partial charge on any atom is 0.288 e. The summed E-state index contributed by atoms with van der Waals surface area (Å²) in [4.78, 5) is 22.1. The number of carbonyl (C=O) groups is 1. The number of nitro groups is 1. The summed E-state index contributed by atoms with van der Waals surface area (Å²) in [6.45, 7) is 0. The molecule has 0 fully saturated rings. The first-order valence-electron chi connectivity index (χ1n) is 6.25. The first-order valence-corrected chi connectivity index (χ1v) is 7.38. The zero-order valence-corrected chi connectivity index (χ0v) is 13.7. The van der Waals surface area contributed by atoms with E-state index >= 15 is 0 Å². The molecule has 0 atom stereocenters. The van der Waals surface area contributed by atoms with Gasteiger partial charge in [0, 0.05) is 17.8 Å². The van der Waals surface area contributed by atoms with Crippen molar-refractivity contribution in [3.63, 3.8) is 0 Å². The molecule has 23 heavy (non-hydrogen) atoms. The van der Waals surface area contributed by atoms with Gasteiger partial charge in [-0.1, -0.05) is 40.9 Å². The smallest absolute Gasteiger partial charge is 0.288 e. The molecule has 0 aliphatic carbocycles. The maximum atomic E-state index is 11.8. The molecule has 2 aromatic rings. The molecule has 0 spiro atoms. The standard InChI is InChI=1S/C15H9Cl3N2O3/c16-11-5-3-10(8-13(11)18)19-15(21)6-2-9-1-4-12(17)14(7-9)20(22)23/h1-8H,(H,19,21)/b6-2+. The summed E-state index contributed by atoms with van der Waals surface area (Å²) in [6.07, 6.45) is 2.69. The molecule has 0 aliphatic heterocycles. The van der Waals surface area contributed by atoms with Gasteiger partial charge in [-0.3, -0.25) is 14.9 Å². The van der Waals surface area contributed by atoms with E-state index in [1.54, 1.807) is 18.2 Å². The van der Waals surface area contributed by atoms with Crippen LogP contribution in [-0.2, 0) is 4.79 Å². The Morgan fingerprint density at radius 3 is 2.39 bits per heavy atom. The monoisotopic (exact) mass is 370 g/mol. The second kappa shape index (κ2) is 7.46. The highest BCUT2D eigenvalue weighted by Crippen LogP contribution is 2.26. The summed E-state index contributed by atoms with van der Waals surface area (Å²) in [7, 11) is 0. The molecule has 8 heteroatoms. The van der Waals surface area contributed by atoms with E-state index in [1.165, 1.54) is 30.4 Å². The molecule has 0 radical (unpaired) electrons. The average molecular weight is 372 g/mol. The summed E-state index contributed by atoms with van der Waals surface area (Å²) in [5, 5.41) is 14.1. The summed E-state index contributed by atoms with van der Waals surface area (Å²) in [5.41, 5.74) is 0.736. The third kappa shape index (κ3) is 4.69. The summed E-state index contributed by atoms with van der Waals surface area (Å²) in [5.74, 6) is -0.416. The third-order valence-corrected chi connectivity index (χ3v) is 3.84. The van der Waals surface area contributed by atoms with Gasteiger partial charge in [0.15, 0.2) is 0 Å². The average Bonchev–Trinajstić information content (AvgIpc) is 2.50. The number of carbonyl (C=O) groups excluding carboxylic acids is 1. The Morgan fingerprint density at radius 1 is 1.04 bits per heavy atom. The van der Waals surface area contributed by atoms with Gasteiger partial charge in [0.05, 0.1) is 15.0 Å². The molecule has 5 nitrogen and oxygen atoms in total.